The van der Waals surface area contributed by atoms with Crippen LogP contribution in [0.2, 0.25) is 0 Å². The molecule has 162 valence electrons. The highest BCUT2D eigenvalue weighted by Crippen LogP contribution is 2.02. The second-order valence-corrected chi connectivity index (χ2v) is 7.42. The maximum absolute atomic E-state index is 11.8. The average molecular weight is 393 g/mol. The fraction of sp³-hybridized carbons (Fsp3) is 0.750. The highest BCUT2D eigenvalue weighted by atomic mass is 16.2. The summed E-state index contributed by atoms with van der Waals surface area (Å²) in [6.07, 6.45) is 22.8. The van der Waals surface area contributed by atoms with Gasteiger partial charge in [-0.2, -0.15) is 0 Å². The summed E-state index contributed by atoms with van der Waals surface area (Å²) in [5.74, 6) is 0.204. The highest BCUT2D eigenvalue weighted by molar-refractivity contribution is 5.77. The van der Waals surface area contributed by atoms with Crippen molar-refractivity contribution in [1.82, 2.24) is 10.6 Å². The molecule has 0 aliphatic carbocycles. The monoisotopic (exact) mass is 392 g/mol. The van der Waals surface area contributed by atoms with Gasteiger partial charge in [0.2, 0.25) is 11.8 Å². The Kier molecular flexibility index (Phi) is 20.5. The van der Waals surface area contributed by atoms with E-state index in [1.165, 1.54) is 25.7 Å². The Bertz CT molecular complexity index is 390. The first kappa shape index (κ1) is 26.4. The van der Waals surface area contributed by atoms with Crippen LogP contribution in [0.1, 0.15) is 104 Å². The molecule has 0 saturated heterocycles. The van der Waals surface area contributed by atoms with Crippen LogP contribution in [0.25, 0.3) is 0 Å². The van der Waals surface area contributed by atoms with E-state index >= 15 is 0 Å². The molecule has 2 N–H and O–H groups in total. The van der Waals surface area contributed by atoms with Crippen molar-refractivity contribution < 1.29 is 9.59 Å². The van der Waals surface area contributed by atoms with Crippen LogP contribution in [-0.2, 0) is 9.59 Å². The third-order valence-corrected chi connectivity index (χ3v) is 4.58. The van der Waals surface area contributed by atoms with Gasteiger partial charge in [-0.15, -0.1) is 0 Å². The number of hydrogen-bond donors (Lipinski definition) is 2. The van der Waals surface area contributed by atoms with E-state index in [2.05, 4.69) is 48.8 Å². The van der Waals surface area contributed by atoms with Gasteiger partial charge >= 0.3 is 0 Å². The van der Waals surface area contributed by atoms with Crippen molar-refractivity contribution >= 4 is 11.8 Å². The molecule has 0 atom stereocenters. The second-order valence-electron chi connectivity index (χ2n) is 7.42. The van der Waals surface area contributed by atoms with E-state index in [0.29, 0.717) is 12.8 Å². The molecule has 28 heavy (non-hydrogen) atoms. The number of carbonyl (C=O) groups is 2. The summed E-state index contributed by atoms with van der Waals surface area (Å²) < 4.78 is 0. The first-order valence-corrected chi connectivity index (χ1v) is 11.5. The third kappa shape index (κ3) is 20.7. The molecule has 4 heteroatoms. The van der Waals surface area contributed by atoms with E-state index in [9.17, 15) is 9.59 Å². The molecule has 2 amide bonds. The minimum atomic E-state index is 0.102. The number of unbranched alkanes of at least 4 members (excludes halogenated alkanes) is 7. The number of amides is 2. The predicted molar refractivity (Wildman–Crippen MR) is 120 cm³/mol. The first-order chi connectivity index (χ1) is 13.7. The van der Waals surface area contributed by atoms with Gasteiger partial charge in [-0.25, -0.2) is 0 Å². The molecular weight excluding hydrogens is 348 g/mol. The number of carbonyl (C=O) groups excluding carboxylic acids is 2. The number of nitrogens with one attached hydrogen (secondary N) is 2. The Hall–Kier alpha value is -1.58. The lowest BCUT2D eigenvalue weighted by atomic mass is 10.1. The van der Waals surface area contributed by atoms with Gasteiger partial charge in [0.1, 0.15) is 0 Å². The van der Waals surface area contributed by atoms with E-state index in [0.717, 1.165) is 64.5 Å². The summed E-state index contributed by atoms with van der Waals surface area (Å²) in [6.45, 7) is 5.88. The Balaban J connectivity index is 3.41. The molecule has 0 unspecified atom stereocenters. The Labute approximate surface area is 173 Å². The first-order valence-electron chi connectivity index (χ1n) is 11.5. The van der Waals surface area contributed by atoms with Crippen LogP contribution in [0.15, 0.2) is 24.3 Å². The lowest BCUT2D eigenvalue weighted by molar-refractivity contribution is -0.123. The summed E-state index contributed by atoms with van der Waals surface area (Å²) in [4.78, 5) is 23.5. The summed E-state index contributed by atoms with van der Waals surface area (Å²) >= 11 is 0. The quantitative estimate of drug-likeness (QED) is 0.214. The molecular formula is C24H44N2O2. The van der Waals surface area contributed by atoms with Gasteiger partial charge in [0, 0.05) is 25.9 Å². The number of rotatable bonds is 19. The van der Waals surface area contributed by atoms with Crippen molar-refractivity contribution in [2.24, 2.45) is 0 Å². The zero-order chi connectivity index (χ0) is 20.7. The smallest absolute Gasteiger partial charge is 0.219 e. The van der Waals surface area contributed by atoms with Crippen LogP contribution < -0.4 is 10.6 Å². The molecule has 0 aliphatic heterocycles. The van der Waals surface area contributed by atoms with Crippen LogP contribution in [0.3, 0.4) is 0 Å². The zero-order valence-corrected chi connectivity index (χ0v) is 18.4. The van der Waals surface area contributed by atoms with Gasteiger partial charge in [-0.3, -0.25) is 9.59 Å². The summed E-state index contributed by atoms with van der Waals surface area (Å²) in [5, 5.41) is 5.92. The van der Waals surface area contributed by atoms with Crippen LogP contribution >= 0.6 is 0 Å². The standard InChI is InChI=1S/C24H44N2O2/c1-3-5-7-9-11-13-17-21-25-23(27)19-15-16-20-24(28)26-22-18-14-12-10-8-6-4-2/h9-12H,3-8,13-22H2,1-2H3,(H,25,27)(H,26,28)/b11-9+,12-10+. The van der Waals surface area contributed by atoms with Crippen molar-refractivity contribution in [3.8, 4) is 0 Å². The van der Waals surface area contributed by atoms with Crippen LogP contribution in [0.4, 0.5) is 0 Å². The second kappa shape index (κ2) is 21.7. The Morgan fingerprint density at radius 3 is 1.29 bits per heavy atom. The van der Waals surface area contributed by atoms with Crippen molar-refractivity contribution in [1.29, 1.82) is 0 Å². The number of allylic oxidation sites excluding steroid dienone is 4. The summed E-state index contributed by atoms with van der Waals surface area (Å²) in [6, 6.07) is 0. The van der Waals surface area contributed by atoms with Crippen molar-refractivity contribution in [2.45, 2.75) is 104 Å². The lowest BCUT2D eigenvalue weighted by Crippen LogP contribution is -2.25. The lowest BCUT2D eigenvalue weighted by Gasteiger charge is -2.05. The van der Waals surface area contributed by atoms with Crippen LogP contribution in [0, 0.1) is 0 Å². The molecule has 0 bridgehead atoms. The van der Waals surface area contributed by atoms with Gasteiger partial charge in [0.25, 0.3) is 0 Å². The van der Waals surface area contributed by atoms with Gasteiger partial charge in [-0.05, 0) is 51.4 Å². The van der Waals surface area contributed by atoms with E-state index in [4.69, 9.17) is 0 Å². The van der Waals surface area contributed by atoms with Crippen molar-refractivity contribution in [3.05, 3.63) is 24.3 Å². The predicted octanol–water partition coefficient (Wildman–Crippen LogP) is 5.83. The summed E-state index contributed by atoms with van der Waals surface area (Å²) in [5.41, 5.74) is 0. The Morgan fingerprint density at radius 2 is 0.929 bits per heavy atom. The normalized spacial score (nSPS) is 11.4. The van der Waals surface area contributed by atoms with Crippen molar-refractivity contribution in [3.63, 3.8) is 0 Å². The van der Waals surface area contributed by atoms with Gasteiger partial charge in [0.15, 0.2) is 0 Å². The van der Waals surface area contributed by atoms with E-state index in [-0.39, 0.29) is 11.8 Å². The van der Waals surface area contributed by atoms with Crippen molar-refractivity contribution in [2.75, 3.05) is 13.1 Å². The molecule has 0 rings (SSSR count). The van der Waals surface area contributed by atoms with Crippen LogP contribution in [0.5, 0.6) is 0 Å². The molecule has 0 aromatic heterocycles. The Morgan fingerprint density at radius 1 is 0.571 bits per heavy atom. The molecule has 0 aromatic rings. The minimum absolute atomic E-state index is 0.102. The maximum atomic E-state index is 11.8. The zero-order valence-electron chi connectivity index (χ0n) is 18.4. The topological polar surface area (TPSA) is 58.2 Å². The largest absolute Gasteiger partial charge is 0.356 e. The third-order valence-electron chi connectivity index (χ3n) is 4.58. The van der Waals surface area contributed by atoms with Gasteiger partial charge in [0.05, 0.1) is 0 Å². The molecule has 0 spiro atoms. The fourth-order valence-corrected chi connectivity index (χ4v) is 2.76. The van der Waals surface area contributed by atoms with Gasteiger partial charge in [-0.1, -0.05) is 63.8 Å². The molecule has 0 radical (unpaired) electrons. The number of hydrogen-bond acceptors (Lipinski definition) is 2. The van der Waals surface area contributed by atoms with Gasteiger partial charge < -0.3 is 10.6 Å². The SMILES string of the molecule is CCCC/C=C/CCCNC(=O)CCCCC(=O)NCCC/C=C/CCCC. The maximum Gasteiger partial charge on any atom is 0.219 e. The average Bonchev–Trinajstić information content (AvgIpc) is 2.69. The molecule has 0 saturated carbocycles. The van der Waals surface area contributed by atoms with E-state index < -0.39 is 0 Å². The summed E-state index contributed by atoms with van der Waals surface area (Å²) in [7, 11) is 0. The minimum Gasteiger partial charge on any atom is -0.356 e. The van der Waals surface area contributed by atoms with E-state index in [1.54, 1.807) is 0 Å². The molecule has 0 aromatic carbocycles. The highest BCUT2D eigenvalue weighted by Gasteiger charge is 2.03. The molecule has 4 nitrogen and oxygen atoms in total. The molecule has 0 heterocycles. The molecule has 0 fully saturated rings. The van der Waals surface area contributed by atoms with Crippen LogP contribution in [-0.4, -0.2) is 24.9 Å². The molecule has 0 aliphatic rings. The fourth-order valence-electron chi connectivity index (χ4n) is 2.76. The van der Waals surface area contributed by atoms with E-state index in [1.807, 2.05) is 0 Å².